The van der Waals surface area contributed by atoms with Crippen molar-refractivity contribution in [3.8, 4) is 0 Å². The fourth-order valence-corrected chi connectivity index (χ4v) is 1.22. The van der Waals surface area contributed by atoms with Gasteiger partial charge in [-0.15, -0.1) is 0 Å². The molecule has 0 heterocycles. The molecule has 0 bridgehead atoms. The Morgan fingerprint density at radius 1 is 1.47 bits per heavy atom. The van der Waals surface area contributed by atoms with E-state index in [1.165, 1.54) is 0 Å². The molecule has 0 aliphatic rings. The van der Waals surface area contributed by atoms with Crippen molar-refractivity contribution < 1.29 is 4.84 Å². The van der Waals surface area contributed by atoms with E-state index in [2.05, 4.69) is 12.1 Å². The Labute approximate surface area is 95.2 Å². The Balaban J connectivity index is 2.78. The second-order valence-corrected chi connectivity index (χ2v) is 3.30. The number of halogens is 1. The van der Waals surface area contributed by atoms with Crippen molar-refractivity contribution in [2.24, 2.45) is 0 Å². The maximum Gasteiger partial charge on any atom is 0.0717 e. The van der Waals surface area contributed by atoms with E-state index in [1.54, 1.807) is 12.3 Å². The van der Waals surface area contributed by atoms with Gasteiger partial charge in [0.15, 0.2) is 0 Å². The maximum absolute atomic E-state index is 5.80. The van der Waals surface area contributed by atoms with Gasteiger partial charge in [-0.2, -0.15) is 0 Å². The van der Waals surface area contributed by atoms with Gasteiger partial charge in [-0.3, -0.25) is 10.3 Å². The highest BCUT2D eigenvalue weighted by molar-refractivity contribution is 6.30. The minimum Gasteiger partial charge on any atom is -0.277 e. The predicted molar refractivity (Wildman–Crippen MR) is 64.4 cm³/mol. The van der Waals surface area contributed by atoms with E-state index in [-0.39, 0.29) is 0 Å². The Hall–Kier alpha value is -1.25. The van der Waals surface area contributed by atoms with E-state index in [4.69, 9.17) is 16.4 Å². The lowest BCUT2D eigenvalue weighted by Crippen LogP contribution is -2.06. The van der Waals surface area contributed by atoms with Gasteiger partial charge in [-0.25, -0.2) is 0 Å². The van der Waals surface area contributed by atoms with E-state index in [0.29, 0.717) is 6.61 Å². The van der Waals surface area contributed by atoms with E-state index < -0.39 is 0 Å². The SMILES string of the molecule is C=C/C(=C\NOCC)c1ccc(Cl)cc1. The number of hydroxylamine groups is 1. The van der Waals surface area contributed by atoms with Gasteiger partial charge in [0, 0.05) is 11.2 Å². The number of benzene rings is 1. The molecular weight excluding hydrogens is 210 g/mol. The van der Waals surface area contributed by atoms with Crippen LogP contribution in [-0.2, 0) is 4.84 Å². The molecule has 0 aliphatic heterocycles. The van der Waals surface area contributed by atoms with E-state index in [9.17, 15) is 0 Å². The quantitative estimate of drug-likeness (QED) is 0.469. The van der Waals surface area contributed by atoms with Gasteiger partial charge in [-0.05, 0) is 30.2 Å². The molecule has 80 valence electrons. The smallest absolute Gasteiger partial charge is 0.0717 e. The summed E-state index contributed by atoms with van der Waals surface area (Å²) in [4.78, 5) is 5.01. The van der Waals surface area contributed by atoms with Crippen LogP contribution < -0.4 is 5.48 Å². The molecule has 1 aromatic carbocycles. The average molecular weight is 224 g/mol. The molecule has 0 saturated heterocycles. The summed E-state index contributed by atoms with van der Waals surface area (Å²) in [5.41, 5.74) is 4.73. The van der Waals surface area contributed by atoms with Gasteiger partial charge >= 0.3 is 0 Å². The molecule has 1 rings (SSSR count). The second kappa shape index (κ2) is 6.27. The van der Waals surface area contributed by atoms with Crippen molar-refractivity contribution in [3.63, 3.8) is 0 Å². The van der Waals surface area contributed by atoms with E-state index >= 15 is 0 Å². The molecule has 0 spiro atoms. The Morgan fingerprint density at radius 2 is 2.13 bits per heavy atom. The van der Waals surface area contributed by atoms with Crippen molar-refractivity contribution in [3.05, 3.63) is 53.7 Å². The lowest BCUT2D eigenvalue weighted by molar-refractivity contribution is 0.0829. The molecule has 0 unspecified atom stereocenters. The Bertz CT molecular complexity index is 343. The van der Waals surface area contributed by atoms with Gasteiger partial charge in [-0.1, -0.05) is 36.4 Å². The molecule has 1 N–H and O–H groups in total. The van der Waals surface area contributed by atoms with Crippen molar-refractivity contribution >= 4 is 17.2 Å². The summed E-state index contributed by atoms with van der Waals surface area (Å²) in [6, 6.07) is 7.55. The molecule has 2 nitrogen and oxygen atoms in total. The fraction of sp³-hybridized carbons (Fsp3) is 0.167. The number of nitrogens with one attached hydrogen (secondary N) is 1. The molecule has 3 heteroatoms. The molecule has 0 radical (unpaired) electrons. The lowest BCUT2D eigenvalue weighted by Gasteiger charge is -2.04. The molecular formula is C12H14ClNO. The number of rotatable bonds is 5. The third-order valence-corrected chi connectivity index (χ3v) is 2.09. The van der Waals surface area contributed by atoms with Crippen molar-refractivity contribution in [2.45, 2.75) is 6.92 Å². The molecule has 0 amide bonds. The summed E-state index contributed by atoms with van der Waals surface area (Å²) in [6.45, 7) is 6.27. The van der Waals surface area contributed by atoms with Crippen LogP contribution in [-0.4, -0.2) is 6.61 Å². The maximum atomic E-state index is 5.80. The standard InChI is InChI=1S/C12H14ClNO/c1-3-10(9-14-15-4-2)11-5-7-12(13)8-6-11/h3,5-9,14H,1,4H2,2H3/b10-9+. The van der Waals surface area contributed by atoms with Gasteiger partial charge in [0.25, 0.3) is 0 Å². The average Bonchev–Trinajstić information content (AvgIpc) is 2.26. The molecule has 15 heavy (non-hydrogen) atoms. The van der Waals surface area contributed by atoms with Gasteiger partial charge in [0.1, 0.15) is 0 Å². The third kappa shape index (κ3) is 3.78. The predicted octanol–water partition coefficient (Wildman–Crippen LogP) is 3.41. The molecule has 0 saturated carbocycles. The minimum atomic E-state index is 0.613. The monoisotopic (exact) mass is 223 g/mol. The summed E-state index contributed by atoms with van der Waals surface area (Å²) in [5.74, 6) is 0. The summed E-state index contributed by atoms with van der Waals surface area (Å²) < 4.78 is 0. The van der Waals surface area contributed by atoms with Crippen LogP contribution in [0.25, 0.3) is 5.57 Å². The summed E-state index contributed by atoms with van der Waals surface area (Å²) in [6.07, 6.45) is 3.52. The highest BCUT2D eigenvalue weighted by Crippen LogP contribution is 2.17. The van der Waals surface area contributed by atoms with Gasteiger partial charge in [0.05, 0.1) is 6.61 Å². The van der Waals surface area contributed by atoms with Gasteiger partial charge in [0.2, 0.25) is 0 Å². The van der Waals surface area contributed by atoms with Crippen LogP contribution in [0.5, 0.6) is 0 Å². The first-order valence-electron chi connectivity index (χ1n) is 4.73. The molecule has 0 aromatic heterocycles. The Kier molecular flexibility index (Phi) is 4.95. The third-order valence-electron chi connectivity index (χ3n) is 1.84. The van der Waals surface area contributed by atoms with E-state index in [1.807, 2.05) is 31.2 Å². The number of hydrogen-bond acceptors (Lipinski definition) is 2. The zero-order chi connectivity index (χ0) is 11.1. The number of allylic oxidation sites excluding steroid dienone is 2. The summed E-state index contributed by atoms with van der Waals surface area (Å²) in [7, 11) is 0. The topological polar surface area (TPSA) is 21.3 Å². The van der Waals surface area contributed by atoms with Crippen molar-refractivity contribution in [1.29, 1.82) is 0 Å². The molecule has 1 aromatic rings. The normalized spacial score (nSPS) is 11.2. The number of hydrogen-bond donors (Lipinski definition) is 1. The zero-order valence-corrected chi connectivity index (χ0v) is 9.42. The zero-order valence-electron chi connectivity index (χ0n) is 8.66. The fourth-order valence-electron chi connectivity index (χ4n) is 1.09. The van der Waals surface area contributed by atoms with E-state index in [0.717, 1.165) is 16.2 Å². The first-order valence-corrected chi connectivity index (χ1v) is 5.11. The molecule has 0 fully saturated rings. The summed E-state index contributed by atoms with van der Waals surface area (Å²) >= 11 is 5.80. The van der Waals surface area contributed by atoms with Crippen LogP contribution in [0.2, 0.25) is 5.02 Å². The van der Waals surface area contributed by atoms with Crippen LogP contribution in [0.4, 0.5) is 0 Å². The molecule has 0 aliphatic carbocycles. The van der Waals surface area contributed by atoms with Crippen LogP contribution in [0.15, 0.2) is 43.1 Å². The van der Waals surface area contributed by atoms with Gasteiger partial charge < -0.3 is 0 Å². The largest absolute Gasteiger partial charge is 0.277 e. The second-order valence-electron chi connectivity index (χ2n) is 2.86. The van der Waals surface area contributed by atoms with Crippen molar-refractivity contribution in [2.75, 3.05) is 6.61 Å². The first kappa shape index (κ1) is 11.8. The highest BCUT2D eigenvalue weighted by atomic mass is 35.5. The summed E-state index contributed by atoms with van der Waals surface area (Å²) in [5, 5.41) is 0.722. The van der Waals surface area contributed by atoms with Crippen LogP contribution >= 0.6 is 11.6 Å². The highest BCUT2D eigenvalue weighted by Gasteiger charge is 1.96. The van der Waals surface area contributed by atoms with Crippen LogP contribution in [0.1, 0.15) is 12.5 Å². The minimum absolute atomic E-state index is 0.613. The Morgan fingerprint density at radius 3 is 2.67 bits per heavy atom. The van der Waals surface area contributed by atoms with Crippen LogP contribution in [0.3, 0.4) is 0 Å². The first-order chi connectivity index (χ1) is 7.27. The lowest BCUT2D eigenvalue weighted by atomic mass is 10.1. The van der Waals surface area contributed by atoms with Crippen molar-refractivity contribution in [1.82, 2.24) is 5.48 Å². The van der Waals surface area contributed by atoms with Crippen LogP contribution in [0, 0.1) is 0 Å². The molecule has 0 atom stereocenters.